The summed E-state index contributed by atoms with van der Waals surface area (Å²) in [4.78, 5) is 0. The minimum atomic E-state index is -0.548. The predicted octanol–water partition coefficient (Wildman–Crippen LogP) is 1.88. The molecule has 2 radical (unpaired) electrons. The summed E-state index contributed by atoms with van der Waals surface area (Å²) in [6.45, 7) is 11.0. The second-order valence-electron chi connectivity index (χ2n) is 3.33. The van der Waals surface area contributed by atoms with Crippen molar-refractivity contribution in [2.75, 3.05) is 0 Å². The molecule has 1 nitrogen and oxygen atoms in total. The van der Waals surface area contributed by atoms with Gasteiger partial charge in [0.05, 0.1) is 5.60 Å². The Morgan fingerprint density at radius 1 is 1.56 bits per heavy atom. The maximum absolute atomic E-state index is 9.21. The van der Waals surface area contributed by atoms with Crippen molar-refractivity contribution in [3.05, 3.63) is 6.92 Å². The molecule has 1 atom stereocenters. The van der Waals surface area contributed by atoms with E-state index in [1.807, 2.05) is 6.92 Å². The summed E-state index contributed by atoms with van der Waals surface area (Å²) in [7, 11) is 0. The smallest absolute Gasteiger partial charge is 0.0591 e. The van der Waals surface area contributed by atoms with Crippen molar-refractivity contribution >= 4 is 0 Å². The first-order valence-corrected chi connectivity index (χ1v) is 3.40. The van der Waals surface area contributed by atoms with Crippen LogP contribution in [0.25, 0.3) is 0 Å². The van der Waals surface area contributed by atoms with Crippen LogP contribution in [0.15, 0.2) is 0 Å². The summed E-state index contributed by atoms with van der Waals surface area (Å²) in [5.41, 5.74) is -0.548. The van der Waals surface area contributed by atoms with E-state index >= 15 is 0 Å². The molecule has 0 saturated carbocycles. The first kappa shape index (κ1) is 8.96. The van der Waals surface area contributed by atoms with Crippen molar-refractivity contribution in [3.63, 3.8) is 0 Å². The van der Waals surface area contributed by atoms with Crippen LogP contribution in [-0.2, 0) is 0 Å². The van der Waals surface area contributed by atoms with Crippen LogP contribution in [0.4, 0.5) is 0 Å². The molecule has 0 spiro atoms. The molecule has 0 aromatic rings. The van der Waals surface area contributed by atoms with Gasteiger partial charge in [-0.25, -0.2) is 0 Å². The fourth-order valence-electron chi connectivity index (χ4n) is 0.581. The highest BCUT2D eigenvalue weighted by Gasteiger charge is 2.11. The molecule has 0 aromatic heterocycles. The van der Waals surface area contributed by atoms with E-state index in [-0.39, 0.29) is 5.92 Å². The lowest BCUT2D eigenvalue weighted by Gasteiger charge is -2.17. The Morgan fingerprint density at radius 3 is 2.11 bits per heavy atom. The third-order valence-corrected chi connectivity index (χ3v) is 1.21. The van der Waals surface area contributed by atoms with Crippen molar-refractivity contribution < 1.29 is 5.11 Å². The lowest BCUT2D eigenvalue weighted by Crippen LogP contribution is -2.18. The average Bonchev–Trinajstić information content (AvgIpc) is 1.59. The van der Waals surface area contributed by atoms with Crippen LogP contribution in [0, 0.1) is 12.8 Å². The van der Waals surface area contributed by atoms with Crippen LogP contribution < -0.4 is 0 Å². The zero-order valence-corrected chi connectivity index (χ0v) is 6.52. The molecule has 1 unspecified atom stereocenters. The SMILES string of the molecule is [CH]C(C)CCC(C)(C)O. The zero-order valence-electron chi connectivity index (χ0n) is 6.52. The number of rotatable bonds is 3. The Morgan fingerprint density at radius 2 is 2.00 bits per heavy atom. The monoisotopic (exact) mass is 128 g/mol. The van der Waals surface area contributed by atoms with Crippen LogP contribution in [0.5, 0.6) is 0 Å². The van der Waals surface area contributed by atoms with Gasteiger partial charge < -0.3 is 5.11 Å². The van der Waals surface area contributed by atoms with Gasteiger partial charge in [-0.2, -0.15) is 0 Å². The van der Waals surface area contributed by atoms with Gasteiger partial charge in [-0.1, -0.05) is 6.92 Å². The Bertz CT molecular complexity index is 69.1. The maximum atomic E-state index is 9.21. The van der Waals surface area contributed by atoms with Gasteiger partial charge in [-0.15, -0.1) is 0 Å². The van der Waals surface area contributed by atoms with Crippen LogP contribution in [0.3, 0.4) is 0 Å². The standard InChI is InChI=1S/C8H16O/c1-7(2)5-6-8(3,4)9/h1,7,9H,5-6H2,2-4H3. The Hall–Kier alpha value is -0.0400. The van der Waals surface area contributed by atoms with Gasteiger partial charge in [0.2, 0.25) is 0 Å². The third-order valence-electron chi connectivity index (χ3n) is 1.21. The molecular weight excluding hydrogens is 112 g/mol. The molecule has 9 heavy (non-hydrogen) atoms. The molecule has 54 valence electrons. The van der Waals surface area contributed by atoms with Gasteiger partial charge in [0.25, 0.3) is 0 Å². The molecule has 0 bridgehead atoms. The first-order chi connectivity index (χ1) is 3.92. The van der Waals surface area contributed by atoms with Crippen molar-refractivity contribution in [1.29, 1.82) is 0 Å². The van der Waals surface area contributed by atoms with Crippen LogP contribution >= 0.6 is 0 Å². The lowest BCUT2D eigenvalue weighted by atomic mass is 9.97. The predicted molar refractivity (Wildman–Crippen MR) is 39.0 cm³/mol. The molecule has 0 saturated heterocycles. The van der Waals surface area contributed by atoms with Gasteiger partial charge >= 0.3 is 0 Å². The molecule has 1 N–H and O–H groups in total. The van der Waals surface area contributed by atoms with E-state index in [0.29, 0.717) is 0 Å². The van der Waals surface area contributed by atoms with Crippen LogP contribution in [0.2, 0.25) is 0 Å². The zero-order chi connectivity index (χ0) is 7.49. The molecule has 0 aliphatic carbocycles. The summed E-state index contributed by atoms with van der Waals surface area (Å²) in [5, 5.41) is 9.21. The normalized spacial score (nSPS) is 12.7. The van der Waals surface area contributed by atoms with E-state index in [4.69, 9.17) is 6.92 Å². The molecule has 0 amide bonds. The molecule has 0 rings (SSSR count). The summed E-state index contributed by atoms with van der Waals surface area (Å²) < 4.78 is 0. The fraction of sp³-hybridized carbons (Fsp3) is 0.875. The molecule has 0 aliphatic rings. The van der Waals surface area contributed by atoms with Gasteiger partial charge in [0.1, 0.15) is 0 Å². The van der Waals surface area contributed by atoms with Gasteiger partial charge in [-0.3, -0.25) is 0 Å². The Labute approximate surface area is 58.1 Å². The number of hydrogen-bond acceptors (Lipinski definition) is 1. The van der Waals surface area contributed by atoms with E-state index in [9.17, 15) is 5.11 Å². The van der Waals surface area contributed by atoms with E-state index in [0.717, 1.165) is 12.8 Å². The highest BCUT2D eigenvalue weighted by Crippen LogP contribution is 2.14. The number of aliphatic hydroxyl groups is 1. The van der Waals surface area contributed by atoms with Crippen molar-refractivity contribution in [3.8, 4) is 0 Å². The molecular formula is C8H16O. The van der Waals surface area contributed by atoms with Crippen molar-refractivity contribution in [2.24, 2.45) is 5.92 Å². The average molecular weight is 128 g/mol. The topological polar surface area (TPSA) is 20.2 Å². The number of hydrogen-bond donors (Lipinski definition) is 1. The molecule has 0 aliphatic heterocycles. The van der Waals surface area contributed by atoms with E-state index in [1.54, 1.807) is 13.8 Å². The fourth-order valence-corrected chi connectivity index (χ4v) is 0.581. The minimum absolute atomic E-state index is 0.205. The molecule has 0 heterocycles. The Balaban J connectivity index is 3.28. The van der Waals surface area contributed by atoms with Gasteiger partial charge in [0, 0.05) is 0 Å². The summed E-state index contributed by atoms with van der Waals surface area (Å²) in [6, 6.07) is 0. The quantitative estimate of drug-likeness (QED) is 0.615. The highest BCUT2D eigenvalue weighted by molar-refractivity contribution is 4.67. The van der Waals surface area contributed by atoms with E-state index in [2.05, 4.69) is 0 Å². The van der Waals surface area contributed by atoms with Gasteiger partial charge in [0.15, 0.2) is 0 Å². The second kappa shape index (κ2) is 3.21. The van der Waals surface area contributed by atoms with Crippen LogP contribution in [-0.4, -0.2) is 10.7 Å². The second-order valence-corrected chi connectivity index (χ2v) is 3.33. The summed E-state index contributed by atoms with van der Waals surface area (Å²) in [5.74, 6) is 0.205. The lowest BCUT2D eigenvalue weighted by molar-refractivity contribution is 0.0660. The molecule has 0 fully saturated rings. The van der Waals surface area contributed by atoms with Crippen molar-refractivity contribution in [1.82, 2.24) is 0 Å². The Kier molecular flexibility index (Phi) is 3.20. The summed E-state index contributed by atoms with van der Waals surface area (Å²) >= 11 is 0. The van der Waals surface area contributed by atoms with Crippen LogP contribution in [0.1, 0.15) is 33.6 Å². The third kappa shape index (κ3) is 7.96. The van der Waals surface area contributed by atoms with Gasteiger partial charge in [-0.05, 0) is 39.5 Å². The summed E-state index contributed by atoms with van der Waals surface area (Å²) in [6.07, 6.45) is 1.67. The minimum Gasteiger partial charge on any atom is -0.390 e. The maximum Gasteiger partial charge on any atom is 0.0591 e. The largest absolute Gasteiger partial charge is 0.390 e. The molecule has 1 heteroatoms. The highest BCUT2D eigenvalue weighted by atomic mass is 16.3. The first-order valence-electron chi connectivity index (χ1n) is 3.40. The van der Waals surface area contributed by atoms with Crippen molar-refractivity contribution in [2.45, 2.75) is 39.2 Å². The molecule has 0 aromatic carbocycles. The van der Waals surface area contributed by atoms with E-state index in [1.165, 1.54) is 0 Å². The van der Waals surface area contributed by atoms with E-state index < -0.39 is 5.60 Å².